The fourth-order valence-electron chi connectivity index (χ4n) is 0.805. The van der Waals surface area contributed by atoms with Crippen molar-refractivity contribution in [1.82, 2.24) is 0 Å². The summed E-state index contributed by atoms with van der Waals surface area (Å²) in [5.41, 5.74) is 0. The van der Waals surface area contributed by atoms with Gasteiger partial charge >= 0.3 is 11.8 Å². The minimum atomic E-state index is -1.72. The molecule has 1 heterocycles. The predicted octanol–water partition coefficient (Wildman–Crippen LogP) is 1.17. The molecule has 1 rings (SSSR count). The van der Waals surface area contributed by atoms with Gasteiger partial charge in [-0.05, 0) is 12.1 Å². The van der Waals surface area contributed by atoms with Gasteiger partial charge in [0.15, 0.2) is 0 Å². The first kappa shape index (κ1) is 10.9. The Morgan fingerprint density at radius 1 is 1.36 bits per heavy atom. The molecular weight excluding hydrogens is 228 g/mol. The molecule has 1 aromatic rings. The number of rotatable bonds is 4. The molecule has 0 atom stereocenters. The summed E-state index contributed by atoms with van der Waals surface area (Å²) in [6.07, 6.45) is -0.206. The summed E-state index contributed by atoms with van der Waals surface area (Å²) in [7, 11) is 0. The third-order valence-electron chi connectivity index (χ3n) is 1.41. The largest absolute Gasteiger partial charge is 0.475 e. The third-order valence-corrected chi connectivity index (χ3v) is 2.64. The van der Waals surface area contributed by atoms with Gasteiger partial charge in [-0.15, -0.1) is 11.3 Å². The van der Waals surface area contributed by atoms with E-state index in [1.807, 2.05) is 0 Å². The molecule has 0 spiro atoms. The first-order valence-electron chi connectivity index (χ1n) is 3.55. The van der Waals surface area contributed by atoms with Gasteiger partial charge in [0.25, 0.3) is 0 Å². The SMILES string of the molecule is O=C(O)C(=O)C(=O)Cc1ccc(Cl)s1. The number of aliphatic carboxylic acids is 1. The van der Waals surface area contributed by atoms with Crippen LogP contribution >= 0.6 is 22.9 Å². The van der Waals surface area contributed by atoms with Crippen LogP contribution in [0.25, 0.3) is 0 Å². The maximum atomic E-state index is 11.0. The van der Waals surface area contributed by atoms with Crippen molar-refractivity contribution in [2.24, 2.45) is 0 Å². The van der Waals surface area contributed by atoms with Crippen LogP contribution in [0.3, 0.4) is 0 Å². The van der Waals surface area contributed by atoms with E-state index < -0.39 is 17.5 Å². The van der Waals surface area contributed by atoms with Crippen LogP contribution in [0.2, 0.25) is 4.34 Å². The summed E-state index contributed by atoms with van der Waals surface area (Å²) in [6.45, 7) is 0. The zero-order chi connectivity index (χ0) is 10.7. The molecule has 0 saturated heterocycles. The highest BCUT2D eigenvalue weighted by molar-refractivity contribution is 7.16. The lowest BCUT2D eigenvalue weighted by Crippen LogP contribution is -2.24. The van der Waals surface area contributed by atoms with Gasteiger partial charge in [0.1, 0.15) is 0 Å². The van der Waals surface area contributed by atoms with E-state index in [0.717, 1.165) is 11.3 Å². The Hall–Kier alpha value is -1.20. The average Bonchev–Trinajstić information content (AvgIpc) is 2.49. The molecule has 0 saturated carbocycles. The topological polar surface area (TPSA) is 71.4 Å². The van der Waals surface area contributed by atoms with E-state index in [0.29, 0.717) is 9.21 Å². The third kappa shape index (κ3) is 2.65. The molecule has 0 bridgehead atoms. The van der Waals surface area contributed by atoms with E-state index in [1.165, 1.54) is 0 Å². The molecule has 0 aliphatic heterocycles. The van der Waals surface area contributed by atoms with Gasteiger partial charge in [-0.25, -0.2) is 4.79 Å². The molecule has 0 amide bonds. The van der Waals surface area contributed by atoms with Crippen LogP contribution in [-0.2, 0) is 20.8 Å². The number of hydrogen-bond acceptors (Lipinski definition) is 4. The van der Waals surface area contributed by atoms with Gasteiger partial charge < -0.3 is 5.11 Å². The van der Waals surface area contributed by atoms with Crippen LogP contribution in [0.5, 0.6) is 0 Å². The normalized spacial score (nSPS) is 9.79. The van der Waals surface area contributed by atoms with Crippen LogP contribution in [0.1, 0.15) is 4.88 Å². The molecule has 6 heteroatoms. The fraction of sp³-hybridized carbons (Fsp3) is 0.125. The maximum Gasteiger partial charge on any atom is 0.380 e. The molecule has 1 aromatic heterocycles. The average molecular weight is 233 g/mol. The lowest BCUT2D eigenvalue weighted by atomic mass is 10.2. The molecule has 0 fully saturated rings. The highest BCUT2D eigenvalue weighted by Gasteiger charge is 2.22. The quantitative estimate of drug-likeness (QED) is 0.625. The summed E-state index contributed by atoms with van der Waals surface area (Å²) in [4.78, 5) is 32.4. The number of carbonyl (C=O) groups is 3. The number of ketones is 2. The van der Waals surface area contributed by atoms with Crippen molar-refractivity contribution < 1.29 is 19.5 Å². The van der Waals surface area contributed by atoms with E-state index in [-0.39, 0.29) is 6.42 Å². The molecule has 74 valence electrons. The minimum absolute atomic E-state index is 0.206. The molecule has 0 unspecified atom stereocenters. The Balaban J connectivity index is 2.66. The summed E-state index contributed by atoms with van der Waals surface area (Å²) < 4.78 is 0.496. The summed E-state index contributed by atoms with van der Waals surface area (Å²) >= 11 is 6.74. The predicted molar refractivity (Wildman–Crippen MR) is 50.7 cm³/mol. The zero-order valence-corrected chi connectivity index (χ0v) is 8.39. The summed E-state index contributed by atoms with van der Waals surface area (Å²) in [5.74, 6) is -4.05. The van der Waals surface area contributed by atoms with E-state index in [9.17, 15) is 14.4 Å². The smallest absolute Gasteiger partial charge is 0.380 e. The first-order chi connectivity index (χ1) is 6.50. The zero-order valence-electron chi connectivity index (χ0n) is 6.82. The first-order valence-corrected chi connectivity index (χ1v) is 4.75. The monoisotopic (exact) mass is 232 g/mol. The highest BCUT2D eigenvalue weighted by Crippen LogP contribution is 2.21. The van der Waals surface area contributed by atoms with Gasteiger partial charge in [0.2, 0.25) is 5.78 Å². The molecule has 14 heavy (non-hydrogen) atoms. The number of carboxylic acids is 1. The highest BCUT2D eigenvalue weighted by atomic mass is 35.5. The van der Waals surface area contributed by atoms with Crippen LogP contribution in [-0.4, -0.2) is 22.6 Å². The van der Waals surface area contributed by atoms with Crippen molar-refractivity contribution in [1.29, 1.82) is 0 Å². The lowest BCUT2D eigenvalue weighted by molar-refractivity contribution is -0.152. The van der Waals surface area contributed by atoms with Crippen LogP contribution in [0.15, 0.2) is 12.1 Å². The van der Waals surface area contributed by atoms with Crippen molar-refractivity contribution in [2.45, 2.75) is 6.42 Å². The minimum Gasteiger partial charge on any atom is -0.475 e. The van der Waals surface area contributed by atoms with Crippen molar-refractivity contribution in [3.8, 4) is 0 Å². The second kappa shape index (κ2) is 4.34. The van der Waals surface area contributed by atoms with E-state index >= 15 is 0 Å². The van der Waals surface area contributed by atoms with Crippen LogP contribution < -0.4 is 0 Å². The number of carboxylic acid groups (broad SMARTS) is 1. The summed E-state index contributed by atoms with van der Waals surface area (Å²) in [5, 5.41) is 8.24. The molecular formula is C8H5ClO4S. The van der Waals surface area contributed by atoms with E-state index in [2.05, 4.69) is 0 Å². The Kier molecular flexibility index (Phi) is 3.38. The number of thiophene rings is 1. The van der Waals surface area contributed by atoms with Gasteiger partial charge in [0.05, 0.1) is 4.34 Å². The number of hydrogen-bond donors (Lipinski definition) is 1. The molecule has 1 N–H and O–H groups in total. The van der Waals surface area contributed by atoms with Gasteiger partial charge in [0, 0.05) is 11.3 Å². The van der Waals surface area contributed by atoms with Gasteiger partial charge in [-0.1, -0.05) is 11.6 Å². The van der Waals surface area contributed by atoms with Crippen molar-refractivity contribution >= 4 is 40.5 Å². The van der Waals surface area contributed by atoms with Crippen molar-refractivity contribution in [2.75, 3.05) is 0 Å². The second-order valence-corrected chi connectivity index (χ2v) is 4.24. The molecule has 0 aliphatic rings. The van der Waals surface area contributed by atoms with E-state index in [4.69, 9.17) is 16.7 Å². The van der Waals surface area contributed by atoms with E-state index in [1.54, 1.807) is 12.1 Å². The second-order valence-electron chi connectivity index (χ2n) is 2.44. The molecule has 0 radical (unpaired) electrons. The Labute approximate surface area is 88.1 Å². The van der Waals surface area contributed by atoms with Crippen LogP contribution in [0.4, 0.5) is 0 Å². The van der Waals surface area contributed by atoms with Crippen LogP contribution in [0, 0.1) is 0 Å². The van der Waals surface area contributed by atoms with Crippen molar-refractivity contribution in [3.63, 3.8) is 0 Å². The van der Waals surface area contributed by atoms with Gasteiger partial charge in [-0.3, -0.25) is 9.59 Å². The number of halogens is 1. The molecule has 0 aliphatic carbocycles. The van der Waals surface area contributed by atoms with Crippen molar-refractivity contribution in [3.05, 3.63) is 21.3 Å². The van der Waals surface area contributed by atoms with Gasteiger partial charge in [-0.2, -0.15) is 0 Å². The Morgan fingerprint density at radius 2 is 2.00 bits per heavy atom. The maximum absolute atomic E-state index is 11.0. The summed E-state index contributed by atoms with van der Waals surface area (Å²) in [6, 6.07) is 3.17. The standard InChI is InChI=1S/C8H5ClO4S/c9-6-2-1-4(14-6)3-5(10)7(11)8(12)13/h1-2H,3H2,(H,12,13). The molecule has 0 aromatic carbocycles. The lowest BCUT2D eigenvalue weighted by Gasteiger charge is -1.92. The number of carbonyl (C=O) groups excluding carboxylic acids is 2. The Bertz CT molecular complexity index is 396. The number of Topliss-reactive ketones (excluding diaryl/α,β-unsaturated/α-hetero) is 2. The molecule has 4 nitrogen and oxygen atoms in total. The Morgan fingerprint density at radius 3 is 2.43 bits per heavy atom. The fourth-order valence-corrected chi connectivity index (χ4v) is 1.89.